The Balaban J connectivity index is 1.81. The molecule has 4 nitrogen and oxygen atoms in total. The molecular weight excluding hydrogens is 236 g/mol. The molecule has 1 aliphatic rings. The molecule has 0 spiro atoms. The summed E-state index contributed by atoms with van der Waals surface area (Å²) in [5.41, 5.74) is 7.87. The lowest BCUT2D eigenvalue weighted by Gasteiger charge is -2.21. The fourth-order valence-electron chi connectivity index (χ4n) is 2.54. The topological polar surface area (TPSA) is 65.1 Å². The van der Waals surface area contributed by atoms with E-state index in [4.69, 9.17) is 11.0 Å². The van der Waals surface area contributed by atoms with Gasteiger partial charge in [0.2, 0.25) is 0 Å². The molecule has 1 atom stereocenters. The van der Waals surface area contributed by atoms with Gasteiger partial charge >= 0.3 is 0 Å². The Morgan fingerprint density at radius 3 is 2.79 bits per heavy atom. The number of nitrogens with one attached hydrogen (secondary N) is 1. The number of hydrogen-bond donors (Lipinski definition) is 2. The first-order valence-electron chi connectivity index (χ1n) is 6.95. The number of benzene rings is 1. The minimum absolute atomic E-state index is 0.538. The average Bonchev–Trinajstić information content (AvgIpc) is 2.89. The molecule has 0 bridgehead atoms. The van der Waals surface area contributed by atoms with Crippen LogP contribution in [0, 0.1) is 17.2 Å². The highest BCUT2D eigenvalue weighted by molar-refractivity contribution is 5.62. The maximum atomic E-state index is 8.83. The van der Waals surface area contributed by atoms with Crippen molar-refractivity contribution < 1.29 is 0 Å². The molecule has 0 amide bonds. The Labute approximate surface area is 115 Å². The van der Waals surface area contributed by atoms with Gasteiger partial charge < -0.3 is 16.0 Å². The van der Waals surface area contributed by atoms with Crippen molar-refractivity contribution in [3.63, 3.8) is 0 Å². The minimum Gasteiger partial charge on any atom is -0.398 e. The number of anilines is 2. The molecule has 4 heteroatoms. The molecule has 0 radical (unpaired) electrons. The lowest BCUT2D eigenvalue weighted by atomic mass is 10.1. The Kier molecular flexibility index (Phi) is 4.64. The zero-order chi connectivity index (χ0) is 13.7. The van der Waals surface area contributed by atoms with Gasteiger partial charge in [-0.25, -0.2) is 0 Å². The monoisotopic (exact) mass is 258 g/mol. The first-order valence-corrected chi connectivity index (χ1v) is 6.95. The second-order valence-corrected chi connectivity index (χ2v) is 5.41. The summed E-state index contributed by atoms with van der Waals surface area (Å²) < 4.78 is 0. The van der Waals surface area contributed by atoms with Gasteiger partial charge in [0, 0.05) is 18.8 Å². The van der Waals surface area contributed by atoms with Crippen LogP contribution in [0.15, 0.2) is 18.2 Å². The van der Waals surface area contributed by atoms with Crippen molar-refractivity contribution in [1.82, 2.24) is 4.90 Å². The highest BCUT2D eigenvalue weighted by Crippen LogP contribution is 2.18. The molecule has 0 saturated carbocycles. The van der Waals surface area contributed by atoms with Crippen molar-refractivity contribution in [1.29, 1.82) is 5.26 Å². The van der Waals surface area contributed by atoms with Crippen molar-refractivity contribution in [3.8, 4) is 6.07 Å². The summed E-state index contributed by atoms with van der Waals surface area (Å²) >= 11 is 0. The van der Waals surface area contributed by atoms with Gasteiger partial charge in [0.1, 0.15) is 6.07 Å². The Morgan fingerprint density at radius 1 is 1.42 bits per heavy atom. The van der Waals surface area contributed by atoms with E-state index in [0.29, 0.717) is 17.2 Å². The predicted molar refractivity (Wildman–Crippen MR) is 78.9 cm³/mol. The molecule has 1 aliphatic heterocycles. The van der Waals surface area contributed by atoms with E-state index in [0.717, 1.165) is 18.8 Å². The minimum atomic E-state index is 0.538. The van der Waals surface area contributed by atoms with Gasteiger partial charge in [0.25, 0.3) is 0 Å². The van der Waals surface area contributed by atoms with E-state index in [9.17, 15) is 0 Å². The maximum absolute atomic E-state index is 8.83. The van der Waals surface area contributed by atoms with Crippen molar-refractivity contribution in [2.75, 3.05) is 37.2 Å². The second-order valence-electron chi connectivity index (χ2n) is 5.41. The molecule has 1 unspecified atom stereocenters. The molecule has 102 valence electrons. The van der Waals surface area contributed by atoms with E-state index in [-0.39, 0.29) is 0 Å². The summed E-state index contributed by atoms with van der Waals surface area (Å²) in [4.78, 5) is 2.53. The third-order valence-corrected chi connectivity index (χ3v) is 3.60. The lowest BCUT2D eigenvalue weighted by Crippen LogP contribution is -2.28. The number of nitrogen functional groups attached to an aromatic ring is 1. The van der Waals surface area contributed by atoms with Gasteiger partial charge in [-0.3, -0.25) is 0 Å². The van der Waals surface area contributed by atoms with Crippen LogP contribution in [0.25, 0.3) is 0 Å². The number of hydrogen-bond acceptors (Lipinski definition) is 4. The van der Waals surface area contributed by atoms with Crippen LogP contribution in [0.1, 0.15) is 25.3 Å². The van der Waals surface area contributed by atoms with Gasteiger partial charge in [-0.2, -0.15) is 5.26 Å². The second kappa shape index (κ2) is 6.44. The molecule has 0 aromatic heterocycles. The van der Waals surface area contributed by atoms with Crippen molar-refractivity contribution in [2.45, 2.75) is 19.8 Å². The fourth-order valence-corrected chi connectivity index (χ4v) is 2.54. The van der Waals surface area contributed by atoms with Crippen LogP contribution in [-0.4, -0.2) is 31.1 Å². The van der Waals surface area contributed by atoms with Crippen molar-refractivity contribution in [2.24, 2.45) is 5.92 Å². The number of nitrogens with zero attached hydrogens (tertiary/aromatic N) is 2. The van der Waals surface area contributed by atoms with E-state index in [1.807, 2.05) is 12.1 Å². The molecule has 1 aromatic rings. The van der Waals surface area contributed by atoms with Gasteiger partial charge in [-0.1, -0.05) is 6.92 Å². The molecule has 1 saturated heterocycles. The summed E-state index contributed by atoms with van der Waals surface area (Å²) in [6.07, 6.45) is 2.68. The lowest BCUT2D eigenvalue weighted by molar-refractivity contribution is 0.294. The van der Waals surface area contributed by atoms with Gasteiger partial charge in [0.05, 0.1) is 11.3 Å². The summed E-state index contributed by atoms with van der Waals surface area (Å²) in [5, 5.41) is 12.2. The third kappa shape index (κ3) is 3.87. The number of nitrogens with two attached hydrogens (primary N) is 1. The van der Waals surface area contributed by atoms with Crippen LogP contribution in [0.3, 0.4) is 0 Å². The first-order chi connectivity index (χ1) is 9.19. The fraction of sp³-hybridized carbons (Fsp3) is 0.533. The quantitative estimate of drug-likeness (QED) is 0.795. The molecule has 1 heterocycles. The SMILES string of the molecule is CC(CNc1ccc(C#N)c(N)c1)CN1CCCC1. The number of likely N-dealkylation sites (tertiary alicyclic amines) is 1. The maximum Gasteiger partial charge on any atom is 0.101 e. The summed E-state index contributed by atoms with van der Waals surface area (Å²) in [7, 11) is 0. The van der Waals surface area contributed by atoms with E-state index in [2.05, 4.69) is 23.2 Å². The highest BCUT2D eigenvalue weighted by Gasteiger charge is 2.14. The van der Waals surface area contributed by atoms with Crippen molar-refractivity contribution in [3.05, 3.63) is 23.8 Å². The van der Waals surface area contributed by atoms with Crippen LogP contribution in [-0.2, 0) is 0 Å². The first kappa shape index (κ1) is 13.7. The number of nitriles is 1. The van der Waals surface area contributed by atoms with Crippen LogP contribution in [0.4, 0.5) is 11.4 Å². The van der Waals surface area contributed by atoms with E-state index in [1.54, 1.807) is 6.07 Å². The molecule has 1 fully saturated rings. The van der Waals surface area contributed by atoms with Gasteiger partial charge in [-0.15, -0.1) is 0 Å². The Bertz CT molecular complexity index is 458. The highest BCUT2D eigenvalue weighted by atomic mass is 15.1. The third-order valence-electron chi connectivity index (χ3n) is 3.60. The average molecular weight is 258 g/mol. The zero-order valence-electron chi connectivity index (χ0n) is 11.5. The molecular formula is C15H22N4. The van der Waals surface area contributed by atoms with Gasteiger partial charge in [0.15, 0.2) is 0 Å². The Hall–Kier alpha value is -1.73. The smallest absolute Gasteiger partial charge is 0.101 e. The summed E-state index contributed by atoms with van der Waals surface area (Å²) in [6, 6.07) is 7.59. The van der Waals surface area contributed by atoms with E-state index >= 15 is 0 Å². The number of rotatable bonds is 5. The standard InChI is InChI=1S/C15H22N4/c1-12(11-19-6-2-3-7-19)10-18-14-5-4-13(9-16)15(17)8-14/h4-5,8,12,18H,2-3,6-7,10-11,17H2,1H3. The molecule has 0 aliphatic carbocycles. The summed E-state index contributed by atoms with van der Waals surface area (Å²) in [6.45, 7) is 6.83. The zero-order valence-corrected chi connectivity index (χ0v) is 11.5. The molecule has 2 rings (SSSR count). The van der Waals surface area contributed by atoms with Crippen LogP contribution in [0.5, 0.6) is 0 Å². The predicted octanol–water partition coefficient (Wildman–Crippen LogP) is 2.28. The Morgan fingerprint density at radius 2 is 2.16 bits per heavy atom. The van der Waals surface area contributed by atoms with Crippen LogP contribution in [0.2, 0.25) is 0 Å². The van der Waals surface area contributed by atoms with Crippen molar-refractivity contribution >= 4 is 11.4 Å². The van der Waals surface area contributed by atoms with Crippen LogP contribution < -0.4 is 11.1 Å². The van der Waals surface area contributed by atoms with Crippen LogP contribution >= 0.6 is 0 Å². The van der Waals surface area contributed by atoms with Gasteiger partial charge in [-0.05, 0) is 50.0 Å². The normalized spacial score (nSPS) is 17.1. The van der Waals surface area contributed by atoms with E-state index < -0.39 is 0 Å². The van der Waals surface area contributed by atoms with E-state index in [1.165, 1.54) is 25.9 Å². The molecule has 3 N–H and O–H groups in total. The largest absolute Gasteiger partial charge is 0.398 e. The molecule has 19 heavy (non-hydrogen) atoms. The molecule has 1 aromatic carbocycles. The summed E-state index contributed by atoms with van der Waals surface area (Å²) in [5.74, 6) is 0.606.